The maximum absolute atomic E-state index is 13.1. The number of likely N-dealkylation sites (N-methyl/N-ethyl adjacent to an activating group) is 1. The molecule has 0 amide bonds. The van der Waals surface area contributed by atoms with Crippen LogP contribution in [0.5, 0.6) is 17.2 Å². The Kier molecular flexibility index (Phi) is 6.05. The molecule has 0 N–H and O–H groups in total. The van der Waals surface area contributed by atoms with E-state index in [2.05, 4.69) is 20.2 Å². The first-order valence-electron chi connectivity index (χ1n) is 9.30. The third-order valence-corrected chi connectivity index (χ3v) is 5.80. The monoisotopic (exact) mass is 506 g/mol. The van der Waals surface area contributed by atoms with E-state index in [0.717, 1.165) is 24.1 Å². The highest BCUT2D eigenvalue weighted by Gasteiger charge is 2.42. The molecule has 29 heavy (non-hydrogen) atoms. The molecule has 2 aliphatic heterocycles. The number of hydrogen-bond acceptors (Lipinski definition) is 5. The van der Waals surface area contributed by atoms with E-state index >= 15 is 0 Å². The van der Waals surface area contributed by atoms with Crippen LogP contribution in [0.3, 0.4) is 0 Å². The first kappa shape index (κ1) is 21.4. The number of hydrogen-bond donors (Lipinski definition) is 0. The SMILES string of the molecule is COc1c2c(cc3c1C(CC(=O)c1ccc(C#N)cc1)[N+](C)(C)CC3)OCO2.[I-]. The van der Waals surface area contributed by atoms with Gasteiger partial charge in [-0.15, -0.1) is 0 Å². The van der Waals surface area contributed by atoms with Crippen molar-refractivity contribution in [3.63, 3.8) is 0 Å². The van der Waals surface area contributed by atoms with E-state index in [9.17, 15) is 4.79 Å². The van der Waals surface area contributed by atoms with Crippen LogP contribution in [0, 0.1) is 11.3 Å². The maximum atomic E-state index is 13.1. The average molecular weight is 506 g/mol. The number of nitrogens with zero attached hydrogens (tertiary/aromatic N) is 2. The Labute approximate surface area is 187 Å². The van der Waals surface area contributed by atoms with Gasteiger partial charge in [0.25, 0.3) is 0 Å². The minimum atomic E-state index is -0.0589. The number of ketones is 1. The van der Waals surface area contributed by atoms with Gasteiger partial charge < -0.3 is 42.7 Å². The van der Waals surface area contributed by atoms with Crippen LogP contribution in [0.25, 0.3) is 0 Å². The summed E-state index contributed by atoms with van der Waals surface area (Å²) in [5.41, 5.74) is 3.34. The van der Waals surface area contributed by atoms with Crippen LogP contribution in [0.1, 0.15) is 39.5 Å². The predicted molar refractivity (Wildman–Crippen MR) is 103 cm³/mol. The number of quaternary nitrogens is 1. The quantitative estimate of drug-likeness (QED) is 0.338. The Balaban J connectivity index is 0.00000240. The summed E-state index contributed by atoms with van der Waals surface area (Å²) in [5, 5.41) is 8.97. The van der Waals surface area contributed by atoms with Crippen LogP contribution in [-0.2, 0) is 6.42 Å². The normalized spacial score (nSPS) is 18.2. The predicted octanol–water partition coefficient (Wildman–Crippen LogP) is 0.246. The van der Waals surface area contributed by atoms with Crippen LogP contribution >= 0.6 is 0 Å². The Morgan fingerprint density at radius 2 is 2.00 bits per heavy atom. The van der Waals surface area contributed by atoms with Crippen LogP contribution in [0.4, 0.5) is 0 Å². The smallest absolute Gasteiger partial charge is 0.231 e. The molecule has 7 heteroatoms. The van der Waals surface area contributed by atoms with Crippen molar-refractivity contribution >= 4 is 5.78 Å². The molecule has 0 fully saturated rings. The Morgan fingerprint density at radius 3 is 2.66 bits per heavy atom. The molecule has 6 nitrogen and oxygen atoms in total. The summed E-state index contributed by atoms with van der Waals surface area (Å²) < 4.78 is 17.6. The average Bonchev–Trinajstić information content (AvgIpc) is 3.16. The second-order valence-corrected chi connectivity index (χ2v) is 7.80. The molecule has 0 bridgehead atoms. The number of rotatable bonds is 4. The number of ether oxygens (including phenoxy) is 3. The molecule has 2 aromatic carbocycles. The summed E-state index contributed by atoms with van der Waals surface area (Å²) >= 11 is 0. The van der Waals surface area contributed by atoms with Crippen LogP contribution in [0.2, 0.25) is 0 Å². The number of fused-ring (bicyclic) bond motifs is 2. The topological polar surface area (TPSA) is 68.6 Å². The van der Waals surface area contributed by atoms with Gasteiger partial charge in [-0.3, -0.25) is 4.79 Å². The number of carbonyl (C=O) groups is 1. The van der Waals surface area contributed by atoms with E-state index < -0.39 is 0 Å². The number of nitriles is 1. The zero-order valence-electron chi connectivity index (χ0n) is 16.7. The molecule has 1 unspecified atom stereocenters. The number of Topliss-reactive ketones (excluding diaryl/α,β-unsaturated/α-hetero) is 1. The van der Waals surface area contributed by atoms with Gasteiger partial charge in [-0.2, -0.15) is 5.26 Å². The van der Waals surface area contributed by atoms with Crippen molar-refractivity contribution in [1.29, 1.82) is 5.26 Å². The lowest BCUT2D eigenvalue weighted by Crippen LogP contribution is -3.00. The van der Waals surface area contributed by atoms with Gasteiger partial charge in [0.15, 0.2) is 17.3 Å². The fourth-order valence-electron chi connectivity index (χ4n) is 4.14. The van der Waals surface area contributed by atoms with Gasteiger partial charge in [-0.1, -0.05) is 12.1 Å². The summed E-state index contributed by atoms with van der Waals surface area (Å²) in [4.78, 5) is 13.1. The summed E-state index contributed by atoms with van der Waals surface area (Å²) in [6, 6.07) is 10.9. The Morgan fingerprint density at radius 1 is 1.28 bits per heavy atom. The number of carbonyl (C=O) groups excluding carboxylic acids is 1. The number of methoxy groups -OCH3 is 1. The molecule has 0 radical (unpaired) electrons. The van der Waals surface area contributed by atoms with Gasteiger partial charge in [0.1, 0.15) is 6.04 Å². The van der Waals surface area contributed by atoms with Crippen molar-refractivity contribution in [2.75, 3.05) is 34.5 Å². The molecular weight excluding hydrogens is 483 g/mol. The van der Waals surface area contributed by atoms with Gasteiger partial charge in [0.05, 0.1) is 51.4 Å². The second-order valence-electron chi connectivity index (χ2n) is 7.80. The van der Waals surface area contributed by atoms with Gasteiger partial charge in [-0.25, -0.2) is 0 Å². The number of benzene rings is 2. The third kappa shape index (κ3) is 3.79. The Bertz CT molecular complexity index is 980. The van der Waals surface area contributed by atoms with E-state index in [1.54, 1.807) is 31.4 Å². The molecule has 1 atom stereocenters. The number of halogens is 1. The van der Waals surface area contributed by atoms with Crippen molar-refractivity contribution in [2.45, 2.75) is 18.9 Å². The molecule has 4 rings (SSSR count). The zero-order valence-corrected chi connectivity index (χ0v) is 18.9. The van der Waals surface area contributed by atoms with Crippen molar-refractivity contribution in [3.05, 3.63) is 52.6 Å². The summed E-state index contributed by atoms with van der Waals surface area (Å²) in [6.45, 7) is 1.10. The minimum Gasteiger partial charge on any atom is -1.00 e. The first-order valence-corrected chi connectivity index (χ1v) is 9.30. The molecule has 152 valence electrons. The van der Waals surface area contributed by atoms with E-state index in [4.69, 9.17) is 19.5 Å². The molecule has 2 aliphatic rings. The van der Waals surface area contributed by atoms with Crippen molar-refractivity contribution in [1.82, 2.24) is 0 Å². The van der Waals surface area contributed by atoms with Gasteiger partial charge >= 0.3 is 0 Å². The summed E-state index contributed by atoms with van der Waals surface area (Å²) in [5.74, 6) is 2.06. The Hall–Kier alpha value is -2.31. The molecule has 0 aliphatic carbocycles. The molecule has 0 saturated heterocycles. The summed E-state index contributed by atoms with van der Waals surface area (Å²) in [6.07, 6.45) is 1.23. The molecule has 2 heterocycles. The molecule has 2 aromatic rings. The highest BCUT2D eigenvalue weighted by molar-refractivity contribution is 5.96. The minimum absolute atomic E-state index is 0. The van der Waals surface area contributed by atoms with Crippen molar-refractivity contribution in [2.24, 2.45) is 0 Å². The molecule has 0 spiro atoms. The fourth-order valence-corrected chi connectivity index (χ4v) is 4.14. The lowest BCUT2D eigenvalue weighted by Gasteiger charge is -2.43. The van der Waals surface area contributed by atoms with E-state index in [-0.39, 0.29) is 42.6 Å². The van der Waals surface area contributed by atoms with Crippen molar-refractivity contribution < 1.29 is 47.5 Å². The second kappa shape index (κ2) is 8.20. The molecule has 0 saturated carbocycles. The first-order chi connectivity index (χ1) is 13.4. The molecule has 0 aromatic heterocycles. The largest absolute Gasteiger partial charge is 1.00 e. The highest BCUT2D eigenvalue weighted by atomic mass is 127. The van der Waals surface area contributed by atoms with Crippen molar-refractivity contribution in [3.8, 4) is 23.3 Å². The van der Waals surface area contributed by atoms with Crippen LogP contribution < -0.4 is 38.2 Å². The van der Waals surface area contributed by atoms with Gasteiger partial charge in [0.2, 0.25) is 12.5 Å². The van der Waals surface area contributed by atoms with E-state index in [1.807, 2.05) is 6.07 Å². The van der Waals surface area contributed by atoms with Crippen LogP contribution in [0.15, 0.2) is 30.3 Å². The molecular formula is C22H23IN2O4. The fraction of sp³-hybridized carbons (Fsp3) is 0.364. The zero-order chi connectivity index (χ0) is 19.9. The lowest BCUT2D eigenvalue weighted by atomic mass is 9.86. The third-order valence-electron chi connectivity index (χ3n) is 5.80. The standard InChI is InChI=1S/C22H23N2O4.HI/c1-24(2)9-8-16-10-19-21(28-13-27-19)22(26-3)20(16)17(24)11-18(25)15-6-4-14(12-23)5-7-15;/h4-7,10,17H,8-9,11,13H2,1-3H3;1H/q+1;/p-1. The van der Waals surface area contributed by atoms with Gasteiger partial charge in [0, 0.05) is 12.0 Å². The summed E-state index contributed by atoms with van der Waals surface area (Å²) in [7, 11) is 5.92. The van der Waals surface area contributed by atoms with Crippen LogP contribution in [-0.4, -0.2) is 44.8 Å². The van der Waals surface area contributed by atoms with E-state index in [1.165, 1.54) is 0 Å². The van der Waals surface area contributed by atoms with E-state index in [0.29, 0.717) is 39.3 Å². The van der Waals surface area contributed by atoms with Gasteiger partial charge in [-0.05, 0) is 23.8 Å². The highest BCUT2D eigenvalue weighted by Crippen LogP contribution is 2.51. The maximum Gasteiger partial charge on any atom is 0.231 e. The lowest BCUT2D eigenvalue weighted by molar-refractivity contribution is -0.922.